The summed E-state index contributed by atoms with van der Waals surface area (Å²) in [4.78, 5) is 10.9. The number of benzene rings is 2. The molecule has 0 bridgehead atoms. The highest BCUT2D eigenvalue weighted by atomic mass is 16.5. The van der Waals surface area contributed by atoms with Crippen molar-refractivity contribution in [3.63, 3.8) is 0 Å². The topological polar surface area (TPSA) is 94.5 Å². The van der Waals surface area contributed by atoms with Gasteiger partial charge in [-0.1, -0.05) is 12.1 Å². The molecular formula is C22H26O7. The van der Waals surface area contributed by atoms with Gasteiger partial charge in [0.05, 0.1) is 33.4 Å². The second kappa shape index (κ2) is 9.05. The summed E-state index contributed by atoms with van der Waals surface area (Å²) in [5.74, 6) is 1.000. The summed E-state index contributed by atoms with van der Waals surface area (Å²) in [5.41, 5.74) is 2.67. The van der Waals surface area contributed by atoms with Crippen LogP contribution >= 0.6 is 0 Å². The van der Waals surface area contributed by atoms with Crippen LogP contribution in [0.5, 0.6) is 23.0 Å². The van der Waals surface area contributed by atoms with Gasteiger partial charge in [0, 0.05) is 12.5 Å². The van der Waals surface area contributed by atoms with Gasteiger partial charge >= 0.3 is 5.97 Å². The van der Waals surface area contributed by atoms with Crippen molar-refractivity contribution in [1.29, 1.82) is 0 Å². The highest BCUT2D eigenvalue weighted by molar-refractivity contribution is 5.65. The first-order valence-corrected chi connectivity index (χ1v) is 9.47. The van der Waals surface area contributed by atoms with E-state index in [-0.39, 0.29) is 24.2 Å². The van der Waals surface area contributed by atoms with E-state index < -0.39 is 6.10 Å². The summed E-state index contributed by atoms with van der Waals surface area (Å²) in [5, 5.41) is 20.0. The van der Waals surface area contributed by atoms with Crippen LogP contribution in [0.1, 0.15) is 42.1 Å². The van der Waals surface area contributed by atoms with Gasteiger partial charge in [0.2, 0.25) is 0 Å². The fourth-order valence-electron chi connectivity index (χ4n) is 3.61. The molecule has 0 amide bonds. The van der Waals surface area contributed by atoms with Crippen molar-refractivity contribution < 1.29 is 34.0 Å². The molecule has 2 N–H and O–H groups in total. The number of aryl methyl sites for hydroxylation is 1. The van der Waals surface area contributed by atoms with Crippen LogP contribution in [0.3, 0.4) is 0 Å². The van der Waals surface area contributed by atoms with Crippen LogP contribution in [0, 0.1) is 0 Å². The summed E-state index contributed by atoms with van der Waals surface area (Å²) in [7, 11) is 3.06. The predicted molar refractivity (Wildman–Crippen MR) is 106 cm³/mol. The van der Waals surface area contributed by atoms with Gasteiger partial charge < -0.3 is 29.2 Å². The number of esters is 1. The van der Waals surface area contributed by atoms with E-state index in [0.717, 1.165) is 16.7 Å². The van der Waals surface area contributed by atoms with Gasteiger partial charge in [0.1, 0.15) is 6.10 Å². The minimum Gasteiger partial charge on any atom is -0.504 e. The summed E-state index contributed by atoms with van der Waals surface area (Å²) < 4.78 is 21.9. The number of methoxy groups -OCH3 is 2. The van der Waals surface area contributed by atoms with Crippen molar-refractivity contribution in [1.82, 2.24) is 0 Å². The number of aliphatic hydroxyl groups excluding tert-OH is 1. The van der Waals surface area contributed by atoms with Gasteiger partial charge in [-0.2, -0.15) is 0 Å². The number of aliphatic hydroxyl groups is 1. The van der Waals surface area contributed by atoms with Crippen molar-refractivity contribution >= 4 is 5.97 Å². The molecule has 3 rings (SSSR count). The molecule has 0 spiro atoms. The molecule has 0 aliphatic carbocycles. The zero-order valence-electron chi connectivity index (χ0n) is 16.8. The smallest absolute Gasteiger partial charge is 0.302 e. The number of ether oxygens (including phenoxy) is 4. The molecule has 7 nitrogen and oxygen atoms in total. The van der Waals surface area contributed by atoms with Crippen molar-refractivity contribution in [2.24, 2.45) is 0 Å². The molecule has 156 valence electrons. The monoisotopic (exact) mass is 402 g/mol. The van der Waals surface area contributed by atoms with Crippen molar-refractivity contribution in [2.75, 3.05) is 27.4 Å². The van der Waals surface area contributed by atoms with Gasteiger partial charge in [-0.3, -0.25) is 4.79 Å². The third kappa shape index (κ3) is 4.40. The van der Waals surface area contributed by atoms with Crippen LogP contribution in [0.25, 0.3) is 0 Å². The summed E-state index contributed by atoms with van der Waals surface area (Å²) >= 11 is 0. The third-order valence-corrected chi connectivity index (χ3v) is 5.02. The fourth-order valence-corrected chi connectivity index (χ4v) is 3.61. The molecule has 1 aliphatic heterocycles. The second-order valence-corrected chi connectivity index (χ2v) is 6.92. The molecule has 29 heavy (non-hydrogen) atoms. The number of carbonyl (C=O) groups excluding carboxylic acids is 1. The first kappa shape index (κ1) is 20.8. The largest absolute Gasteiger partial charge is 0.504 e. The minimum absolute atomic E-state index is 0.0416. The van der Waals surface area contributed by atoms with Crippen LogP contribution in [-0.2, 0) is 16.0 Å². The lowest BCUT2D eigenvalue weighted by atomic mass is 9.90. The molecule has 1 heterocycles. The van der Waals surface area contributed by atoms with E-state index in [9.17, 15) is 15.0 Å². The third-order valence-electron chi connectivity index (χ3n) is 5.02. The van der Waals surface area contributed by atoms with Crippen LogP contribution in [-0.4, -0.2) is 43.6 Å². The van der Waals surface area contributed by atoms with Crippen LogP contribution < -0.4 is 14.2 Å². The first-order chi connectivity index (χ1) is 14.0. The fraction of sp³-hybridized carbons (Fsp3) is 0.409. The van der Waals surface area contributed by atoms with Crippen molar-refractivity contribution in [3.05, 3.63) is 47.0 Å². The molecule has 7 heteroatoms. The Morgan fingerprint density at radius 3 is 2.55 bits per heavy atom. The molecule has 0 aromatic heterocycles. The second-order valence-electron chi connectivity index (χ2n) is 6.92. The average Bonchev–Trinajstić information content (AvgIpc) is 3.09. The number of phenolic OH excluding ortho intramolecular Hbond substituents is 1. The molecular weight excluding hydrogens is 376 g/mol. The van der Waals surface area contributed by atoms with Gasteiger partial charge in [0.15, 0.2) is 23.0 Å². The van der Waals surface area contributed by atoms with Crippen LogP contribution in [0.2, 0.25) is 0 Å². The molecule has 1 aliphatic rings. The lowest BCUT2D eigenvalue weighted by Crippen LogP contribution is -2.13. The van der Waals surface area contributed by atoms with Gasteiger partial charge in [-0.15, -0.1) is 0 Å². The Bertz CT molecular complexity index is 878. The summed E-state index contributed by atoms with van der Waals surface area (Å²) in [6.45, 7) is 1.63. The van der Waals surface area contributed by atoms with Crippen molar-refractivity contribution in [2.45, 2.75) is 31.8 Å². The number of rotatable bonds is 8. The molecule has 2 atom stereocenters. The average molecular weight is 402 g/mol. The number of aromatic hydroxyl groups is 1. The highest BCUT2D eigenvalue weighted by Gasteiger charge is 2.38. The Morgan fingerprint density at radius 2 is 1.90 bits per heavy atom. The predicted octanol–water partition coefficient (Wildman–Crippen LogP) is 3.11. The van der Waals surface area contributed by atoms with E-state index in [1.54, 1.807) is 25.3 Å². The van der Waals surface area contributed by atoms with Gasteiger partial charge in [-0.05, 0) is 42.2 Å². The van der Waals surface area contributed by atoms with E-state index in [0.29, 0.717) is 36.7 Å². The van der Waals surface area contributed by atoms with E-state index in [1.807, 2.05) is 12.1 Å². The van der Waals surface area contributed by atoms with Crippen molar-refractivity contribution in [3.8, 4) is 23.0 Å². The number of carbonyl (C=O) groups is 1. The molecule has 0 saturated carbocycles. The normalized spacial score (nSPS) is 17.4. The Labute approximate surface area is 169 Å². The Hall–Kier alpha value is -2.93. The molecule has 0 fully saturated rings. The highest BCUT2D eigenvalue weighted by Crippen LogP contribution is 2.51. The number of phenols is 1. The first-order valence-electron chi connectivity index (χ1n) is 9.47. The summed E-state index contributed by atoms with van der Waals surface area (Å²) in [6, 6.07) is 8.92. The maximum Gasteiger partial charge on any atom is 0.302 e. The van der Waals surface area contributed by atoms with E-state index in [1.165, 1.54) is 14.0 Å². The molecule has 2 aromatic carbocycles. The Morgan fingerprint density at radius 1 is 1.14 bits per heavy atom. The lowest BCUT2D eigenvalue weighted by molar-refractivity contribution is -0.141. The Balaban J connectivity index is 1.88. The standard InChI is InChI=1S/C22H26O7/c1-13(24)28-8-4-5-14-9-16-17(12-23)21(29-22(16)20(10-14)27-3)15-6-7-18(25)19(11-15)26-2/h6-7,9-11,17,21,23,25H,4-5,8,12H2,1-3H3/t17-,21+/m0/s1. The zero-order valence-corrected chi connectivity index (χ0v) is 16.8. The molecule has 0 radical (unpaired) electrons. The van der Waals surface area contributed by atoms with Gasteiger partial charge in [0.25, 0.3) is 0 Å². The summed E-state index contributed by atoms with van der Waals surface area (Å²) in [6.07, 6.45) is 0.951. The molecule has 2 aromatic rings. The van der Waals surface area contributed by atoms with E-state index in [4.69, 9.17) is 18.9 Å². The molecule has 0 saturated heterocycles. The van der Waals surface area contributed by atoms with Crippen LogP contribution in [0.15, 0.2) is 30.3 Å². The van der Waals surface area contributed by atoms with E-state index in [2.05, 4.69) is 0 Å². The SMILES string of the molecule is COc1cc([C@H]2Oc3c(OC)cc(CCCOC(C)=O)cc3[C@@H]2CO)ccc1O. The maximum absolute atomic E-state index is 10.9. The minimum atomic E-state index is -0.435. The molecule has 0 unspecified atom stereocenters. The Kier molecular flexibility index (Phi) is 6.49. The maximum atomic E-state index is 10.9. The number of hydrogen-bond donors (Lipinski definition) is 2. The lowest BCUT2D eigenvalue weighted by Gasteiger charge is -2.18. The van der Waals surface area contributed by atoms with Gasteiger partial charge in [-0.25, -0.2) is 0 Å². The zero-order chi connectivity index (χ0) is 21.0. The number of hydrogen-bond acceptors (Lipinski definition) is 7. The van der Waals surface area contributed by atoms with Crippen LogP contribution in [0.4, 0.5) is 0 Å². The quantitative estimate of drug-likeness (QED) is 0.517. The number of fused-ring (bicyclic) bond motifs is 1. The van der Waals surface area contributed by atoms with E-state index >= 15 is 0 Å².